The van der Waals surface area contributed by atoms with E-state index in [2.05, 4.69) is 12.2 Å². The maximum Gasteiger partial charge on any atom is 0.126 e. The molecule has 0 heterocycles. The van der Waals surface area contributed by atoms with Crippen LogP contribution in [0.4, 0.5) is 4.39 Å². The van der Waals surface area contributed by atoms with Gasteiger partial charge in [0.25, 0.3) is 0 Å². The molecule has 1 N–H and O–H groups in total. The fourth-order valence-electron chi connectivity index (χ4n) is 2.17. The van der Waals surface area contributed by atoms with E-state index < -0.39 is 0 Å². The molecule has 0 bridgehead atoms. The Kier molecular flexibility index (Phi) is 5.16. The molecule has 0 aromatic heterocycles. The Hall–Kier alpha value is -1.38. The van der Waals surface area contributed by atoms with Crippen LogP contribution in [-0.2, 0) is 13.0 Å². The van der Waals surface area contributed by atoms with Gasteiger partial charge in [0, 0.05) is 17.6 Å². The zero-order chi connectivity index (χ0) is 14.5. The van der Waals surface area contributed by atoms with Crippen LogP contribution >= 0.6 is 11.6 Å². The summed E-state index contributed by atoms with van der Waals surface area (Å²) in [4.78, 5) is 0. The van der Waals surface area contributed by atoms with Gasteiger partial charge in [0.05, 0.1) is 0 Å². The molecule has 3 heteroatoms. The molecule has 0 aliphatic heterocycles. The van der Waals surface area contributed by atoms with E-state index in [0.717, 1.165) is 29.1 Å². The predicted molar refractivity (Wildman–Crippen MR) is 82.6 cm³/mol. The number of hydrogen-bond donors (Lipinski definition) is 1. The van der Waals surface area contributed by atoms with E-state index in [1.807, 2.05) is 36.4 Å². The number of halogens is 2. The molecule has 2 rings (SSSR count). The van der Waals surface area contributed by atoms with E-state index in [0.29, 0.717) is 11.6 Å². The van der Waals surface area contributed by atoms with E-state index in [4.69, 9.17) is 11.6 Å². The average Bonchev–Trinajstić information content (AvgIpc) is 2.43. The smallest absolute Gasteiger partial charge is 0.126 e. The lowest BCUT2D eigenvalue weighted by molar-refractivity contribution is 0.544. The van der Waals surface area contributed by atoms with Gasteiger partial charge in [-0.25, -0.2) is 4.39 Å². The third-order valence-electron chi connectivity index (χ3n) is 3.36. The molecule has 2 aromatic rings. The van der Waals surface area contributed by atoms with Crippen molar-refractivity contribution in [2.75, 3.05) is 0 Å². The van der Waals surface area contributed by atoms with Crippen LogP contribution in [0.25, 0.3) is 0 Å². The van der Waals surface area contributed by atoms with Crippen molar-refractivity contribution in [3.8, 4) is 0 Å². The van der Waals surface area contributed by atoms with E-state index >= 15 is 0 Å². The molecule has 0 fully saturated rings. The van der Waals surface area contributed by atoms with Crippen molar-refractivity contribution >= 4 is 11.6 Å². The first kappa shape index (κ1) is 15.0. The first-order valence-corrected chi connectivity index (χ1v) is 7.16. The normalized spacial score (nSPS) is 12.4. The predicted octanol–water partition coefficient (Wildman–Crippen LogP) is 4.51. The summed E-state index contributed by atoms with van der Waals surface area (Å²) in [6.07, 6.45) is 0.875. The first-order valence-electron chi connectivity index (χ1n) is 6.78. The van der Waals surface area contributed by atoms with Gasteiger partial charge in [-0.2, -0.15) is 0 Å². The highest BCUT2D eigenvalue weighted by atomic mass is 35.5. The fraction of sp³-hybridized carbons (Fsp3) is 0.294. The summed E-state index contributed by atoms with van der Waals surface area (Å²) in [6.45, 7) is 4.64. The molecule has 0 saturated heterocycles. The van der Waals surface area contributed by atoms with Crippen molar-refractivity contribution in [1.29, 1.82) is 0 Å². The summed E-state index contributed by atoms with van der Waals surface area (Å²) in [6, 6.07) is 13.4. The summed E-state index contributed by atoms with van der Waals surface area (Å²) >= 11 is 6.15. The van der Waals surface area contributed by atoms with Gasteiger partial charge < -0.3 is 5.32 Å². The summed E-state index contributed by atoms with van der Waals surface area (Å²) < 4.78 is 13.2. The highest BCUT2D eigenvalue weighted by Crippen LogP contribution is 2.17. The van der Waals surface area contributed by atoms with Crippen molar-refractivity contribution in [2.45, 2.75) is 32.9 Å². The zero-order valence-electron chi connectivity index (χ0n) is 11.8. The zero-order valence-corrected chi connectivity index (χ0v) is 12.5. The molecule has 1 nitrogen and oxygen atoms in total. The van der Waals surface area contributed by atoms with Gasteiger partial charge in [0.1, 0.15) is 5.82 Å². The molecule has 2 aromatic carbocycles. The Balaban J connectivity index is 1.90. The van der Waals surface area contributed by atoms with Gasteiger partial charge in [-0.15, -0.1) is 0 Å². The third kappa shape index (κ3) is 4.06. The van der Waals surface area contributed by atoms with Gasteiger partial charge in [0.2, 0.25) is 0 Å². The lowest BCUT2D eigenvalue weighted by Crippen LogP contribution is -2.27. The Morgan fingerprint density at radius 3 is 2.65 bits per heavy atom. The van der Waals surface area contributed by atoms with Crippen molar-refractivity contribution < 1.29 is 4.39 Å². The fourth-order valence-corrected chi connectivity index (χ4v) is 2.39. The molecule has 20 heavy (non-hydrogen) atoms. The molecule has 0 aliphatic rings. The average molecular weight is 292 g/mol. The minimum atomic E-state index is -0.155. The molecule has 0 radical (unpaired) electrons. The summed E-state index contributed by atoms with van der Waals surface area (Å²) in [7, 11) is 0. The second-order valence-electron chi connectivity index (χ2n) is 5.16. The van der Waals surface area contributed by atoms with Crippen molar-refractivity contribution in [2.24, 2.45) is 0 Å². The van der Waals surface area contributed by atoms with E-state index in [1.54, 1.807) is 6.92 Å². The molecular formula is C17H19ClFN. The van der Waals surface area contributed by atoms with Gasteiger partial charge >= 0.3 is 0 Å². The lowest BCUT2D eigenvalue weighted by atomic mass is 10.1. The third-order valence-corrected chi connectivity index (χ3v) is 3.73. The van der Waals surface area contributed by atoms with Crippen LogP contribution in [0.15, 0.2) is 42.5 Å². The molecule has 106 valence electrons. The van der Waals surface area contributed by atoms with Crippen LogP contribution in [0.1, 0.15) is 23.6 Å². The Labute approximate surface area is 124 Å². The van der Waals surface area contributed by atoms with E-state index in [-0.39, 0.29) is 5.82 Å². The topological polar surface area (TPSA) is 12.0 Å². The number of rotatable bonds is 5. The van der Waals surface area contributed by atoms with Gasteiger partial charge in [-0.1, -0.05) is 41.9 Å². The van der Waals surface area contributed by atoms with Gasteiger partial charge in [-0.3, -0.25) is 0 Å². The number of hydrogen-bond acceptors (Lipinski definition) is 1. The molecule has 1 atom stereocenters. The Morgan fingerprint density at radius 1 is 1.20 bits per heavy atom. The standard InChI is InChI=1S/C17H19ClFN/c1-12-9-14(7-8-17(12)19)11-20-13(2)10-15-5-3-4-6-16(15)18/h3-9,13,20H,10-11H2,1-2H3. The summed E-state index contributed by atoms with van der Waals surface area (Å²) in [5.74, 6) is -0.155. The van der Waals surface area contributed by atoms with Crippen molar-refractivity contribution in [3.05, 3.63) is 70.0 Å². The summed E-state index contributed by atoms with van der Waals surface area (Å²) in [5, 5.41) is 4.24. The highest BCUT2D eigenvalue weighted by molar-refractivity contribution is 6.31. The summed E-state index contributed by atoms with van der Waals surface area (Å²) in [5.41, 5.74) is 2.92. The van der Waals surface area contributed by atoms with Crippen LogP contribution in [0.3, 0.4) is 0 Å². The number of aryl methyl sites for hydroxylation is 1. The molecule has 0 amide bonds. The molecule has 0 saturated carbocycles. The molecular weight excluding hydrogens is 273 g/mol. The SMILES string of the molecule is Cc1cc(CNC(C)Cc2ccccc2Cl)ccc1F. The second kappa shape index (κ2) is 6.87. The largest absolute Gasteiger partial charge is 0.310 e. The van der Waals surface area contributed by atoms with Crippen LogP contribution in [-0.4, -0.2) is 6.04 Å². The quantitative estimate of drug-likeness (QED) is 0.855. The number of benzene rings is 2. The second-order valence-corrected chi connectivity index (χ2v) is 5.57. The first-order chi connectivity index (χ1) is 9.56. The van der Waals surface area contributed by atoms with Crippen molar-refractivity contribution in [3.63, 3.8) is 0 Å². The van der Waals surface area contributed by atoms with Gasteiger partial charge in [-0.05, 0) is 49.1 Å². The maximum atomic E-state index is 13.2. The minimum absolute atomic E-state index is 0.155. The molecule has 0 spiro atoms. The van der Waals surface area contributed by atoms with E-state index in [1.165, 1.54) is 6.07 Å². The van der Waals surface area contributed by atoms with Crippen LogP contribution in [0.2, 0.25) is 5.02 Å². The van der Waals surface area contributed by atoms with Crippen LogP contribution in [0.5, 0.6) is 0 Å². The van der Waals surface area contributed by atoms with Crippen LogP contribution in [0, 0.1) is 12.7 Å². The number of nitrogens with one attached hydrogen (secondary N) is 1. The van der Waals surface area contributed by atoms with Crippen molar-refractivity contribution in [1.82, 2.24) is 5.32 Å². The lowest BCUT2D eigenvalue weighted by Gasteiger charge is -2.15. The highest BCUT2D eigenvalue weighted by Gasteiger charge is 2.06. The Bertz CT molecular complexity index is 583. The van der Waals surface area contributed by atoms with Gasteiger partial charge in [0.15, 0.2) is 0 Å². The van der Waals surface area contributed by atoms with Crippen LogP contribution < -0.4 is 5.32 Å². The maximum absolute atomic E-state index is 13.2. The van der Waals surface area contributed by atoms with E-state index in [9.17, 15) is 4.39 Å². The monoisotopic (exact) mass is 291 g/mol. The minimum Gasteiger partial charge on any atom is -0.310 e. The Morgan fingerprint density at radius 2 is 1.95 bits per heavy atom. The molecule has 0 aliphatic carbocycles. The molecule has 1 unspecified atom stereocenters.